The molecule has 0 fully saturated rings. The van der Waals surface area contributed by atoms with Gasteiger partial charge in [0.2, 0.25) is 5.00 Å². The van der Waals surface area contributed by atoms with Crippen molar-refractivity contribution in [1.29, 1.82) is 0 Å². The van der Waals surface area contributed by atoms with Gasteiger partial charge in [0.15, 0.2) is 6.20 Å². The third-order valence-electron chi connectivity index (χ3n) is 3.24. The first-order valence-electron chi connectivity index (χ1n) is 6.47. The third kappa shape index (κ3) is 2.16. The lowest BCUT2D eigenvalue weighted by atomic mass is 10.3. The van der Waals surface area contributed by atoms with Gasteiger partial charge in [0.1, 0.15) is 12.4 Å². The molecule has 0 amide bonds. The number of nitrogens with one attached hydrogen (secondary N) is 1. The molecule has 1 aromatic heterocycles. The van der Waals surface area contributed by atoms with Crippen molar-refractivity contribution in [3.63, 3.8) is 0 Å². The van der Waals surface area contributed by atoms with Crippen LogP contribution < -0.4 is 9.91 Å². The van der Waals surface area contributed by atoms with Crippen LogP contribution in [-0.2, 0) is 0 Å². The molecule has 0 radical (unpaired) electrons. The molecule has 0 bridgehead atoms. The molecule has 0 spiro atoms. The number of halogens is 1. The molecule has 2 aromatic rings. The van der Waals surface area contributed by atoms with Crippen LogP contribution >= 0.6 is 22.9 Å². The fraction of sp³-hybridized carbons (Fsp3) is 0. The highest BCUT2D eigenvalue weighted by Crippen LogP contribution is 2.33. The largest absolute Gasteiger partial charge is 0.320 e. The molecule has 0 saturated carbocycles. The molecule has 2 aliphatic rings. The summed E-state index contributed by atoms with van der Waals surface area (Å²) in [6, 6.07) is 7.39. The van der Waals surface area contributed by atoms with Crippen LogP contribution in [0.4, 0.5) is 10.7 Å². The summed E-state index contributed by atoms with van der Waals surface area (Å²) in [4.78, 5) is 12.8. The van der Waals surface area contributed by atoms with Gasteiger partial charge in [-0.1, -0.05) is 27.5 Å². The maximum atomic E-state index is 5.90. The van der Waals surface area contributed by atoms with Crippen LogP contribution in [0.25, 0.3) is 0 Å². The average Bonchev–Trinajstić information content (AvgIpc) is 3.17. The number of guanidine groups is 1. The second kappa shape index (κ2) is 5.13. The Kier molecular flexibility index (Phi) is 3.11. The number of hydrogen-bond donors (Lipinski definition) is 1. The van der Waals surface area contributed by atoms with Gasteiger partial charge in [-0.25, -0.2) is 4.98 Å². The minimum atomic E-state index is 0.157. The molecular weight excluding hydrogens is 320 g/mol. The van der Waals surface area contributed by atoms with E-state index < -0.39 is 0 Å². The van der Waals surface area contributed by atoms with Gasteiger partial charge in [0, 0.05) is 10.7 Å². The van der Waals surface area contributed by atoms with Crippen molar-refractivity contribution in [3.8, 4) is 0 Å². The summed E-state index contributed by atoms with van der Waals surface area (Å²) in [5.74, 6) is 1.24. The molecule has 1 aromatic carbocycles. The molecule has 1 N–H and O–H groups in total. The minimum Gasteiger partial charge on any atom is -0.320 e. The topological polar surface area (TPSA) is 62.0 Å². The van der Waals surface area contributed by atoms with Gasteiger partial charge >= 0.3 is 0 Å². The first-order chi connectivity index (χ1) is 10.8. The van der Waals surface area contributed by atoms with Crippen LogP contribution in [0, 0.1) is 0 Å². The summed E-state index contributed by atoms with van der Waals surface area (Å²) in [5, 5.41) is 9.53. The predicted octanol–water partition coefficient (Wildman–Crippen LogP) is 3.45. The van der Waals surface area contributed by atoms with Gasteiger partial charge in [-0.3, -0.25) is 4.99 Å². The molecule has 1 unspecified atom stereocenters. The standard InChI is InChI=1S/C14H10ClN6S/c15-10-1-3-11(4-2-10)18-14-19-12-7-16-5-6-21(12,20-14)13-8-17-9-22-13/h1-9H,(H,18,20)/q+1. The van der Waals surface area contributed by atoms with E-state index in [1.165, 1.54) is 11.3 Å². The smallest absolute Gasteiger partial charge is 0.287 e. The number of rotatable bonds is 2. The Balaban J connectivity index is 1.72. The van der Waals surface area contributed by atoms with Crippen molar-refractivity contribution in [2.75, 3.05) is 5.32 Å². The highest BCUT2D eigenvalue weighted by atomic mass is 35.5. The summed E-state index contributed by atoms with van der Waals surface area (Å²) in [6.45, 7) is 0. The maximum Gasteiger partial charge on any atom is 0.287 e. The number of aliphatic imine (C=N–C) groups is 2. The van der Waals surface area contributed by atoms with Crippen LogP contribution in [0.3, 0.4) is 0 Å². The highest BCUT2D eigenvalue weighted by molar-refractivity contribution is 7.13. The van der Waals surface area contributed by atoms with E-state index in [0.29, 0.717) is 11.0 Å². The summed E-state index contributed by atoms with van der Waals surface area (Å²) >= 11 is 7.42. The number of aromatic nitrogens is 1. The summed E-state index contributed by atoms with van der Waals surface area (Å²) in [7, 11) is 0. The molecule has 22 heavy (non-hydrogen) atoms. The molecule has 8 heteroatoms. The number of quaternary nitrogens is 1. The van der Waals surface area contributed by atoms with Crippen molar-refractivity contribution in [2.24, 2.45) is 15.1 Å². The number of hydrogen-bond acceptors (Lipinski definition) is 6. The normalized spacial score (nSPS) is 22.2. The SMILES string of the molecule is Clc1ccc(NC2=N[N+]3(c4cncs4)C=CN=CC3=N2)cc1. The zero-order valence-corrected chi connectivity index (χ0v) is 12.8. The van der Waals surface area contributed by atoms with Crippen molar-refractivity contribution >= 4 is 51.6 Å². The maximum absolute atomic E-state index is 5.90. The fourth-order valence-corrected chi connectivity index (χ4v) is 3.04. The Morgan fingerprint density at radius 1 is 1.18 bits per heavy atom. The summed E-state index contributed by atoms with van der Waals surface area (Å²) in [6.07, 6.45) is 7.09. The van der Waals surface area contributed by atoms with E-state index in [-0.39, 0.29) is 4.59 Å². The Labute approximate surface area is 135 Å². The van der Waals surface area contributed by atoms with Crippen molar-refractivity contribution < 1.29 is 0 Å². The summed E-state index contributed by atoms with van der Waals surface area (Å²) in [5.41, 5.74) is 2.65. The monoisotopic (exact) mass is 329 g/mol. The molecular formula is C14H10ClN6S+. The number of thiazole rings is 1. The first-order valence-corrected chi connectivity index (χ1v) is 7.73. The number of fused-ring (bicyclic) bond motifs is 1. The molecule has 6 nitrogen and oxygen atoms in total. The van der Waals surface area contributed by atoms with Gasteiger partial charge in [-0.05, 0) is 29.4 Å². The zero-order chi connectivity index (χ0) is 15.0. The Bertz CT molecular complexity index is 822. The van der Waals surface area contributed by atoms with E-state index >= 15 is 0 Å². The Morgan fingerprint density at radius 3 is 2.82 bits per heavy atom. The molecule has 3 heterocycles. The second-order valence-corrected chi connectivity index (χ2v) is 5.93. The van der Waals surface area contributed by atoms with Crippen molar-refractivity contribution in [1.82, 2.24) is 9.58 Å². The van der Waals surface area contributed by atoms with Crippen LogP contribution in [-0.4, -0.2) is 23.0 Å². The molecule has 0 saturated heterocycles. The van der Waals surface area contributed by atoms with Crippen LogP contribution in [0.5, 0.6) is 0 Å². The van der Waals surface area contributed by atoms with E-state index in [1.54, 1.807) is 24.1 Å². The first kappa shape index (κ1) is 13.3. The Morgan fingerprint density at radius 2 is 2.05 bits per heavy atom. The molecule has 2 aliphatic heterocycles. The van der Waals surface area contributed by atoms with Gasteiger partial charge in [-0.2, -0.15) is 4.99 Å². The lowest BCUT2D eigenvalue weighted by molar-refractivity contribution is 0.602. The van der Waals surface area contributed by atoms with Gasteiger partial charge in [-0.15, -0.1) is 0 Å². The molecule has 0 aliphatic carbocycles. The fourth-order valence-electron chi connectivity index (χ4n) is 2.21. The van der Waals surface area contributed by atoms with Crippen LogP contribution in [0.2, 0.25) is 5.02 Å². The number of benzene rings is 1. The lowest BCUT2D eigenvalue weighted by Crippen LogP contribution is -2.43. The van der Waals surface area contributed by atoms with Gasteiger partial charge < -0.3 is 5.32 Å². The number of nitrogens with zero attached hydrogens (tertiary/aromatic N) is 5. The minimum absolute atomic E-state index is 0.157. The summed E-state index contributed by atoms with van der Waals surface area (Å²) < 4.78 is 0.157. The highest BCUT2D eigenvalue weighted by Gasteiger charge is 2.43. The Hall–Kier alpha value is -2.35. The van der Waals surface area contributed by atoms with E-state index in [4.69, 9.17) is 16.7 Å². The van der Waals surface area contributed by atoms with Crippen molar-refractivity contribution in [3.05, 3.63) is 53.4 Å². The van der Waals surface area contributed by atoms with E-state index in [9.17, 15) is 0 Å². The van der Waals surface area contributed by atoms with Gasteiger partial charge in [0.05, 0.1) is 11.7 Å². The molecule has 1 atom stereocenters. The van der Waals surface area contributed by atoms with E-state index in [0.717, 1.165) is 16.5 Å². The average molecular weight is 330 g/mol. The van der Waals surface area contributed by atoms with E-state index in [2.05, 4.69) is 20.3 Å². The number of amidine groups is 1. The quantitative estimate of drug-likeness (QED) is 0.858. The number of anilines is 1. The van der Waals surface area contributed by atoms with Crippen LogP contribution in [0.15, 0.2) is 63.5 Å². The van der Waals surface area contributed by atoms with Gasteiger partial charge in [0.25, 0.3) is 11.8 Å². The van der Waals surface area contributed by atoms with E-state index in [1.807, 2.05) is 30.5 Å². The third-order valence-corrected chi connectivity index (χ3v) is 4.34. The molecule has 4 rings (SSSR count). The molecule has 108 valence electrons. The van der Waals surface area contributed by atoms with Crippen LogP contribution in [0.1, 0.15) is 0 Å². The zero-order valence-electron chi connectivity index (χ0n) is 11.2. The second-order valence-electron chi connectivity index (χ2n) is 4.63. The van der Waals surface area contributed by atoms with Crippen molar-refractivity contribution in [2.45, 2.75) is 0 Å². The lowest BCUT2D eigenvalue weighted by Gasteiger charge is -2.21. The predicted molar refractivity (Wildman–Crippen MR) is 91.5 cm³/mol.